The van der Waals surface area contributed by atoms with Crippen LogP contribution >= 0.6 is 0 Å². The second kappa shape index (κ2) is 7.33. The zero-order valence-corrected chi connectivity index (χ0v) is 15.2. The Balaban J connectivity index is 1.78. The van der Waals surface area contributed by atoms with Gasteiger partial charge < -0.3 is 9.47 Å². The molecule has 0 fully saturated rings. The number of hydrogen-bond donors (Lipinski definition) is 0. The monoisotopic (exact) mass is 357 g/mol. The van der Waals surface area contributed by atoms with Gasteiger partial charge in [0.1, 0.15) is 17.1 Å². The Kier molecular flexibility index (Phi) is 4.58. The maximum Gasteiger partial charge on any atom is 0.137 e. The van der Waals surface area contributed by atoms with E-state index in [2.05, 4.69) is 4.99 Å². The van der Waals surface area contributed by atoms with E-state index in [-0.39, 0.29) is 0 Å². The normalized spacial score (nSPS) is 11.2. The molecule has 0 aliphatic heterocycles. The fraction of sp³-hybridized carbons (Fsp3) is 0.0909. The molecule has 0 N–H and O–H groups in total. The van der Waals surface area contributed by atoms with E-state index in [4.69, 9.17) is 14.5 Å². The minimum Gasteiger partial charge on any atom is -0.497 e. The number of ether oxygens (including phenoxy) is 2. The standard InChI is InChI=1S/C22H19N3O2/c1-26-18-10-6-16(7-11-18)22-20(25-14-4-3-5-21(25)24-22)15-23-17-8-12-19(27-2)13-9-17/h3-15H,1-2H3. The number of rotatable bonds is 5. The number of fused-ring (bicyclic) bond motifs is 1. The highest BCUT2D eigenvalue weighted by atomic mass is 16.5. The Hall–Kier alpha value is -3.60. The average molecular weight is 357 g/mol. The van der Waals surface area contributed by atoms with Gasteiger partial charge in [0, 0.05) is 11.8 Å². The van der Waals surface area contributed by atoms with Gasteiger partial charge in [0.25, 0.3) is 0 Å². The third-order valence-corrected chi connectivity index (χ3v) is 4.34. The van der Waals surface area contributed by atoms with E-state index in [1.165, 1.54) is 0 Å². The summed E-state index contributed by atoms with van der Waals surface area (Å²) in [5.41, 5.74) is 4.53. The topological polar surface area (TPSA) is 48.1 Å². The number of hydrogen-bond acceptors (Lipinski definition) is 4. The lowest BCUT2D eigenvalue weighted by molar-refractivity contribution is 0.415. The number of methoxy groups -OCH3 is 2. The van der Waals surface area contributed by atoms with Crippen molar-refractivity contribution in [2.45, 2.75) is 0 Å². The first-order valence-corrected chi connectivity index (χ1v) is 8.58. The van der Waals surface area contributed by atoms with Crippen molar-refractivity contribution in [3.8, 4) is 22.8 Å². The maximum atomic E-state index is 5.26. The van der Waals surface area contributed by atoms with E-state index in [1.807, 2.05) is 83.5 Å². The highest BCUT2D eigenvalue weighted by molar-refractivity contribution is 5.90. The number of nitrogens with zero attached hydrogens (tertiary/aromatic N) is 3. The van der Waals surface area contributed by atoms with Gasteiger partial charge in [-0.25, -0.2) is 4.98 Å². The number of aromatic nitrogens is 2. The molecule has 0 saturated carbocycles. The molecule has 2 aromatic carbocycles. The molecule has 27 heavy (non-hydrogen) atoms. The van der Waals surface area contributed by atoms with Crippen molar-refractivity contribution in [1.82, 2.24) is 9.38 Å². The van der Waals surface area contributed by atoms with Crippen LogP contribution < -0.4 is 9.47 Å². The summed E-state index contributed by atoms with van der Waals surface area (Å²) >= 11 is 0. The van der Waals surface area contributed by atoms with Gasteiger partial charge in [0.15, 0.2) is 0 Å². The van der Waals surface area contributed by atoms with E-state index >= 15 is 0 Å². The number of benzene rings is 2. The van der Waals surface area contributed by atoms with Crippen LogP contribution in [0.25, 0.3) is 16.9 Å². The molecule has 2 heterocycles. The van der Waals surface area contributed by atoms with Gasteiger partial charge in [-0.3, -0.25) is 9.39 Å². The molecular formula is C22H19N3O2. The van der Waals surface area contributed by atoms with Crippen LogP contribution in [0.3, 0.4) is 0 Å². The van der Waals surface area contributed by atoms with Crippen molar-refractivity contribution in [3.63, 3.8) is 0 Å². The highest BCUT2D eigenvalue weighted by Crippen LogP contribution is 2.26. The maximum absolute atomic E-state index is 5.26. The summed E-state index contributed by atoms with van der Waals surface area (Å²) in [4.78, 5) is 9.42. The zero-order chi connectivity index (χ0) is 18.6. The minimum atomic E-state index is 0.808. The molecule has 0 amide bonds. The molecule has 2 aromatic heterocycles. The molecule has 0 spiro atoms. The lowest BCUT2D eigenvalue weighted by atomic mass is 10.1. The number of imidazole rings is 1. The summed E-state index contributed by atoms with van der Waals surface area (Å²) in [6.45, 7) is 0. The van der Waals surface area contributed by atoms with Crippen molar-refractivity contribution in [2.24, 2.45) is 4.99 Å². The van der Waals surface area contributed by atoms with E-state index in [0.29, 0.717) is 0 Å². The molecule has 5 nitrogen and oxygen atoms in total. The molecule has 4 aromatic rings. The lowest BCUT2D eigenvalue weighted by Gasteiger charge is -2.03. The molecule has 0 saturated heterocycles. The van der Waals surface area contributed by atoms with Crippen molar-refractivity contribution < 1.29 is 9.47 Å². The molecule has 0 atom stereocenters. The molecule has 4 rings (SSSR count). The Bertz CT molecular complexity index is 1080. The predicted molar refractivity (Wildman–Crippen MR) is 107 cm³/mol. The number of pyridine rings is 1. The second-order valence-electron chi connectivity index (χ2n) is 5.96. The van der Waals surface area contributed by atoms with Crippen LogP contribution in [-0.4, -0.2) is 29.8 Å². The van der Waals surface area contributed by atoms with Gasteiger partial charge in [-0.15, -0.1) is 0 Å². The summed E-state index contributed by atoms with van der Waals surface area (Å²) < 4.78 is 12.5. The van der Waals surface area contributed by atoms with Crippen LogP contribution in [0.2, 0.25) is 0 Å². The van der Waals surface area contributed by atoms with Crippen molar-refractivity contribution >= 4 is 17.5 Å². The average Bonchev–Trinajstić information content (AvgIpc) is 3.11. The van der Waals surface area contributed by atoms with Gasteiger partial charge in [0.2, 0.25) is 0 Å². The van der Waals surface area contributed by atoms with Gasteiger partial charge in [0.05, 0.1) is 37.5 Å². The molecule has 0 unspecified atom stereocenters. The SMILES string of the molecule is COc1ccc(N=Cc2c(-c3ccc(OC)cc3)nc3ccccn23)cc1. The van der Waals surface area contributed by atoms with Crippen LogP contribution in [0.1, 0.15) is 5.69 Å². The third kappa shape index (κ3) is 3.40. The van der Waals surface area contributed by atoms with E-state index < -0.39 is 0 Å². The molecule has 0 aliphatic carbocycles. The predicted octanol–water partition coefficient (Wildman–Crippen LogP) is 4.77. The summed E-state index contributed by atoms with van der Waals surface area (Å²) in [5.74, 6) is 1.62. The smallest absolute Gasteiger partial charge is 0.137 e. The van der Waals surface area contributed by atoms with Crippen molar-refractivity contribution in [1.29, 1.82) is 0 Å². The Morgan fingerprint density at radius 1 is 0.852 bits per heavy atom. The van der Waals surface area contributed by atoms with Gasteiger partial charge in [-0.2, -0.15) is 0 Å². The molecule has 0 aliphatic rings. The number of aliphatic imine (C=N–C) groups is 1. The van der Waals surface area contributed by atoms with E-state index in [1.54, 1.807) is 14.2 Å². The van der Waals surface area contributed by atoms with Crippen LogP contribution in [0.4, 0.5) is 5.69 Å². The van der Waals surface area contributed by atoms with Gasteiger partial charge in [-0.1, -0.05) is 6.07 Å². The van der Waals surface area contributed by atoms with E-state index in [9.17, 15) is 0 Å². The van der Waals surface area contributed by atoms with Crippen LogP contribution in [0, 0.1) is 0 Å². The van der Waals surface area contributed by atoms with Crippen molar-refractivity contribution in [2.75, 3.05) is 14.2 Å². The van der Waals surface area contributed by atoms with Gasteiger partial charge >= 0.3 is 0 Å². The van der Waals surface area contributed by atoms with Crippen LogP contribution in [-0.2, 0) is 0 Å². The third-order valence-electron chi connectivity index (χ3n) is 4.34. The Morgan fingerprint density at radius 2 is 1.52 bits per heavy atom. The molecule has 0 bridgehead atoms. The van der Waals surface area contributed by atoms with Crippen molar-refractivity contribution in [3.05, 3.63) is 78.6 Å². The fourth-order valence-corrected chi connectivity index (χ4v) is 2.90. The summed E-state index contributed by atoms with van der Waals surface area (Å²) in [7, 11) is 3.31. The Labute approximate surface area is 157 Å². The van der Waals surface area contributed by atoms with E-state index in [0.717, 1.165) is 39.8 Å². The molecular weight excluding hydrogens is 338 g/mol. The molecule has 0 radical (unpaired) electrons. The lowest BCUT2D eigenvalue weighted by Crippen LogP contribution is -1.93. The zero-order valence-electron chi connectivity index (χ0n) is 15.2. The van der Waals surface area contributed by atoms with Crippen LogP contribution in [0.15, 0.2) is 77.9 Å². The fourth-order valence-electron chi connectivity index (χ4n) is 2.90. The molecule has 5 heteroatoms. The second-order valence-corrected chi connectivity index (χ2v) is 5.96. The van der Waals surface area contributed by atoms with Crippen LogP contribution in [0.5, 0.6) is 11.5 Å². The first-order valence-electron chi connectivity index (χ1n) is 8.58. The summed E-state index contributed by atoms with van der Waals surface area (Å²) in [6.07, 6.45) is 3.84. The first-order chi connectivity index (χ1) is 13.3. The summed E-state index contributed by atoms with van der Waals surface area (Å²) in [6, 6.07) is 21.5. The highest BCUT2D eigenvalue weighted by Gasteiger charge is 2.12. The molecule has 134 valence electrons. The Morgan fingerprint density at radius 3 is 2.19 bits per heavy atom. The quantitative estimate of drug-likeness (QED) is 0.484. The largest absolute Gasteiger partial charge is 0.497 e. The summed E-state index contributed by atoms with van der Waals surface area (Å²) in [5, 5.41) is 0. The minimum absolute atomic E-state index is 0.808. The van der Waals surface area contributed by atoms with Gasteiger partial charge in [-0.05, 0) is 60.7 Å². The first kappa shape index (κ1) is 16.8.